The van der Waals surface area contributed by atoms with Crippen LogP contribution in [0, 0.1) is 6.92 Å². The number of aromatic nitrogens is 2. The maximum absolute atomic E-state index is 11.6. The average molecular weight is 264 g/mol. The van der Waals surface area contributed by atoms with E-state index in [4.69, 9.17) is 4.74 Å². The van der Waals surface area contributed by atoms with E-state index >= 15 is 0 Å². The summed E-state index contributed by atoms with van der Waals surface area (Å²) in [6.07, 6.45) is 2.80. The molecule has 2 heterocycles. The molecule has 0 unspecified atom stereocenters. The zero-order chi connectivity index (χ0) is 13.3. The molecule has 96 valence electrons. The van der Waals surface area contributed by atoms with Gasteiger partial charge < -0.3 is 4.74 Å². The van der Waals surface area contributed by atoms with E-state index in [1.54, 1.807) is 0 Å². The fraction of sp³-hybridized carbons (Fsp3) is 0.385. The summed E-state index contributed by atoms with van der Waals surface area (Å²) in [6.45, 7) is 4.11. The number of carbonyl (C=O) groups excluding carboxylic acids is 1. The lowest BCUT2D eigenvalue weighted by atomic mass is 10.1. The number of nitrogens with zero attached hydrogens (tertiary/aromatic N) is 2. The molecule has 0 bridgehead atoms. The number of methoxy groups -OCH3 is 1. The lowest BCUT2D eigenvalue weighted by Gasteiger charge is -2.03. The van der Waals surface area contributed by atoms with Crippen LogP contribution in [0.4, 0.5) is 0 Å². The van der Waals surface area contributed by atoms with Crippen LogP contribution in [0.15, 0.2) is 12.3 Å². The van der Waals surface area contributed by atoms with E-state index in [9.17, 15) is 4.79 Å². The van der Waals surface area contributed by atoms with E-state index in [2.05, 4.69) is 12.0 Å². The molecule has 4 nitrogen and oxygen atoms in total. The highest BCUT2D eigenvalue weighted by Gasteiger charge is 2.18. The molecule has 0 atom stereocenters. The zero-order valence-corrected chi connectivity index (χ0v) is 11.8. The van der Waals surface area contributed by atoms with Crippen molar-refractivity contribution in [2.24, 2.45) is 7.05 Å². The Labute approximate surface area is 110 Å². The molecule has 0 aliphatic rings. The van der Waals surface area contributed by atoms with Crippen LogP contribution in [-0.4, -0.2) is 22.9 Å². The van der Waals surface area contributed by atoms with Gasteiger partial charge in [-0.25, -0.2) is 4.79 Å². The number of aryl methyl sites for hydroxylation is 3. The van der Waals surface area contributed by atoms with Crippen molar-refractivity contribution in [1.29, 1.82) is 0 Å². The molecule has 0 aromatic carbocycles. The highest BCUT2D eigenvalue weighted by Crippen LogP contribution is 2.33. The summed E-state index contributed by atoms with van der Waals surface area (Å²) in [5.74, 6) is -0.283. The molecule has 5 heteroatoms. The van der Waals surface area contributed by atoms with Crippen LogP contribution < -0.4 is 0 Å². The lowest BCUT2D eigenvalue weighted by Crippen LogP contribution is -1.98. The molecule has 0 amide bonds. The van der Waals surface area contributed by atoms with Crippen molar-refractivity contribution in [1.82, 2.24) is 9.78 Å². The first-order valence-electron chi connectivity index (χ1n) is 5.78. The van der Waals surface area contributed by atoms with Crippen LogP contribution in [-0.2, 0) is 18.2 Å². The van der Waals surface area contributed by atoms with Gasteiger partial charge in [0.1, 0.15) is 4.88 Å². The smallest absolute Gasteiger partial charge is 0.348 e. The number of esters is 1. The van der Waals surface area contributed by atoms with Crippen molar-refractivity contribution in [2.45, 2.75) is 20.3 Å². The third-order valence-electron chi connectivity index (χ3n) is 2.95. The molecule has 0 radical (unpaired) electrons. The van der Waals surface area contributed by atoms with Crippen LogP contribution in [0.25, 0.3) is 11.3 Å². The highest BCUT2D eigenvalue weighted by atomic mass is 32.1. The second-order valence-electron chi connectivity index (χ2n) is 4.07. The van der Waals surface area contributed by atoms with Gasteiger partial charge in [0.2, 0.25) is 0 Å². The van der Waals surface area contributed by atoms with Crippen molar-refractivity contribution >= 4 is 17.3 Å². The number of ether oxygens (including phenoxy) is 1. The van der Waals surface area contributed by atoms with Gasteiger partial charge in [-0.3, -0.25) is 4.68 Å². The Morgan fingerprint density at radius 3 is 2.89 bits per heavy atom. The molecule has 2 aromatic heterocycles. The van der Waals surface area contributed by atoms with Crippen LogP contribution in [0.3, 0.4) is 0 Å². The van der Waals surface area contributed by atoms with E-state index < -0.39 is 0 Å². The third-order valence-corrected chi connectivity index (χ3v) is 3.99. The van der Waals surface area contributed by atoms with E-state index in [0.29, 0.717) is 4.88 Å². The largest absolute Gasteiger partial charge is 0.465 e. The van der Waals surface area contributed by atoms with E-state index in [1.165, 1.54) is 24.0 Å². The number of rotatable bonds is 3. The van der Waals surface area contributed by atoms with Crippen molar-refractivity contribution in [3.63, 3.8) is 0 Å². The Morgan fingerprint density at radius 1 is 1.56 bits per heavy atom. The quantitative estimate of drug-likeness (QED) is 0.801. The van der Waals surface area contributed by atoms with E-state index in [-0.39, 0.29) is 5.97 Å². The lowest BCUT2D eigenvalue weighted by molar-refractivity contribution is 0.0606. The van der Waals surface area contributed by atoms with Gasteiger partial charge in [-0.05, 0) is 25.0 Å². The van der Waals surface area contributed by atoms with Gasteiger partial charge in [-0.1, -0.05) is 6.92 Å². The predicted molar refractivity (Wildman–Crippen MR) is 72.0 cm³/mol. The first kappa shape index (κ1) is 12.8. The van der Waals surface area contributed by atoms with Crippen LogP contribution in [0.2, 0.25) is 0 Å². The van der Waals surface area contributed by atoms with Crippen LogP contribution in [0.1, 0.15) is 27.0 Å². The Balaban J connectivity index is 2.54. The molecule has 2 rings (SSSR count). The first-order chi connectivity index (χ1) is 8.58. The minimum atomic E-state index is -0.283. The number of hydrogen-bond acceptors (Lipinski definition) is 4. The summed E-state index contributed by atoms with van der Waals surface area (Å²) in [5, 5.41) is 4.28. The van der Waals surface area contributed by atoms with Crippen molar-refractivity contribution < 1.29 is 9.53 Å². The Morgan fingerprint density at radius 2 is 2.28 bits per heavy atom. The second-order valence-corrected chi connectivity index (χ2v) is 5.32. The molecule has 2 aromatic rings. The Kier molecular flexibility index (Phi) is 3.52. The topological polar surface area (TPSA) is 44.1 Å². The highest BCUT2D eigenvalue weighted by molar-refractivity contribution is 7.14. The maximum atomic E-state index is 11.6. The van der Waals surface area contributed by atoms with Crippen molar-refractivity contribution in [3.8, 4) is 11.3 Å². The summed E-state index contributed by atoms with van der Waals surface area (Å²) in [7, 11) is 3.32. The van der Waals surface area contributed by atoms with E-state index in [1.807, 2.05) is 30.9 Å². The molecule has 0 N–H and O–H groups in total. The Hall–Kier alpha value is -1.62. The molecule has 0 spiro atoms. The minimum absolute atomic E-state index is 0.283. The monoisotopic (exact) mass is 264 g/mol. The maximum Gasteiger partial charge on any atom is 0.348 e. The number of hydrogen-bond donors (Lipinski definition) is 0. The average Bonchev–Trinajstić information content (AvgIpc) is 2.91. The third kappa shape index (κ3) is 2.06. The van der Waals surface area contributed by atoms with Gasteiger partial charge in [0, 0.05) is 17.5 Å². The molecule has 0 saturated carbocycles. The molecule has 18 heavy (non-hydrogen) atoms. The fourth-order valence-electron chi connectivity index (χ4n) is 2.01. The fourth-order valence-corrected chi connectivity index (χ4v) is 2.95. The summed E-state index contributed by atoms with van der Waals surface area (Å²) in [6, 6.07) is 1.89. The SMILES string of the molecule is CCc1cnn(C)c1-c1cc(C(=O)OC)sc1C. The standard InChI is InChI=1S/C13H16N2O2S/c1-5-9-7-14-15(3)12(9)10-6-11(13(16)17-4)18-8(10)2/h6-7H,5H2,1-4H3. The van der Waals surface area contributed by atoms with Gasteiger partial charge in [0.15, 0.2) is 0 Å². The van der Waals surface area contributed by atoms with Crippen LogP contribution in [0.5, 0.6) is 0 Å². The molecule has 0 fully saturated rings. The molecule has 0 aliphatic heterocycles. The number of carbonyl (C=O) groups is 1. The van der Waals surface area contributed by atoms with Gasteiger partial charge in [-0.2, -0.15) is 5.10 Å². The summed E-state index contributed by atoms with van der Waals surface area (Å²) >= 11 is 1.46. The molecular weight excluding hydrogens is 248 g/mol. The van der Waals surface area contributed by atoms with Gasteiger partial charge in [0.25, 0.3) is 0 Å². The normalized spacial score (nSPS) is 10.7. The van der Waals surface area contributed by atoms with Gasteiger partial charge >= 0.3 is 5.97 Å². The summed E-state index contributed by atoms with van der Waals surface area (Å²) in [4.78, 5) is 13.3. The molecule has 0 aliphatic carbocycles. The van der Waals surface area contributed by atoms with Gasteiger partial charge in [-0.15, -0.1) is 11.3 Å². The first-order valence-corrected chi connectivity index (χ1v) is 6.60. The van der Waals surface area contributed by atoms with Crippen molar-refractivity contribution in [3.05, 3.63) is 27.6 Å². The van der Waals surface area contributed by atoms with Crippen LogP contribution >= 0.6 is 11.3 Å². The molecule has 0 saturated heterocycles. The Bertz CT molecular complexity index is 584. The second kappa shape index (κ2) is 4.94. The summed E-state index contributed by atoms with van der Waals surface area (Å²) < 4.78 is 6.61. The number of thiophene rings is 1. The molecular formula is C13H16N2O2S. The zero-order valence-electron chi connectivity index (χ0n) is 11.0. The predicted octanol–water partition coefficient (Wildman–Crippen LogP) is 2.81. The minimum Gasteiger partial charge on any atom is -0.465 e. The van der Waals surface area contributed by atoms with Gasteiger partial charge in [0.05, 0.1) is 19.0 Å². The van der Waals surface area contributed by atoms with Crippen molar-refractivity contribution in [2.75, 3.05) is 7.11 Å². The van der Waals surface area contributed by atoms with E-state index in [0.717, 1.165) is 22.6 Å². The summed E-state index contributed by atoms with van der Waals surface area (Å²) in [5.41, 5.74) is 3.34.